The molecule has 0 fully saturated rings. The van der Waals surface area contributed by atoms with E-state index in [1.165, 1.54) is 19.1 Å². The standard InChI is InChI=1S/C17H16O4S/c1-13-8-10-16(11-9-13)22(19,20)21-12-17(14(2)18)15-6-4-3-5-7-15/h3-12H,1-2H3. The van der Waals surface area contributed by atoms with Crippen molar-refractivity contribution in [2.45, 2.75) is 18.7 Å². The van der Waals surface area contributed by atoms with Crippen LogP contribution >= 0.6 is 0 Å². The summed E-state index contributed by atoms with van der Waals surface area (Å²) in [5.74, 6) is -0.273. The minimum absolute atomic E-state index is 0.0466. The summed E-state index contributed by atoms with van der Waals surface area (Å²) in [7, 11) is -3.94. The maximum Gasteiger partial charge on any atom is 0.338 e. The van der Waals surface area contributed by atoms with E-state index in [-0.39, 0.29) is 16.3 Å². The highest BCUT2D eigenvalue weighted by Crippen LogP contribution is 2.19. The number of allylic oxidation sites excluding steroid dienone is 1. The largest absolute Gasteiger partial charge is 0.386 e. The fourth-order valence-corrected chi connectivity index (χ4v) is 2.65. The van der Waals surface area contributed by atoms with E-state index >= 15 is 0 Å². The van der Waals surface area contributed by atoms with Crippen molar-refractivity contribution in [2.75, 3.05) is 0 Å². The summed E-state index contributed by atoms with van der Waals surface area (Å²) >= 11 is 0. The predicted octanol–water partition coefficient (Wildman–Crippen LogP) is 3.33. The van der Waals surface area contributed by atoms with Crippen LogP contribution in [0, 0.1) is 6.92 Å². The average Bonchev–Trinajstić information content (AvgIpc) is 2.48. The van der Waals surface area contributed by atoms with Crippen LogP contribution in [0.3, 0.4) is 0 Å². The highest BCUT2D eigenvalue weighted by Gasteiger charge is 2.16. The van der Waals surface area contributed by atoms with E-state index in [0.29, 0.717) is 5.56 Å². The summed E-state index contributed by atoms with van der Waals surface area (Å²) in [6, 6.07) is 15.1. The summed E-state index contributed by atoms with van der Waals surface area (Å²) in [5, 5.41) is 0. The Hall–Kier alpha value is -2.40. The number of carbonyl (C=O) groups excluding carboxylic acids is 1. The first-order valence-corrected chi connectivity index (χ1v) is 8.07. The molecule has 0 unspecified atom stereocenters. The van der Waals surface area contributed by atoms with Crippen LogP contribution in [-0.4, -0.2) is 14.2 Å². The lowest BCUT2D eigenvalue weighted by Crippen LogP contribution is -2.04. The van der Waals surface area contributed by atoms with Gasteiger partial charge in [-0.1, -0.05) is 48.0 Å². The van der Waals surface area contributed by atoms with Crippen LogP contribution in [0.1, 0.15) is 18.1 Å². The number of rotatable bonds is 5. The lowest BCUT2D eigenvalue weighted by Gasteiger charge is -2.06. The Kier molecular flexibility index (Phi) is 4.78. The van der Waals surface area contributed by atoms with Gasteiger partial charge in [0.25, 0.3) is 0 Å². The molecule has 0 N–H and O–H groups in total. The first kappa shape index (κ1) is 16.0. The second-order valence-corrected chi connectivity index (χ2v) is 6.39. The lowest BCUT2D eigenvalue weighted by molar-refractivity contribution is -0.111. The molecule has 0 aliphatic heterocycles. The maximum atomic E-state index is 12.1. The fourth-order valence-electron chi connectivity index (χ4n) is 1.84. The van der Waals surface area contributed by atoms with Crippen LogP contribution in [-0.2, 0) is 19.1 Å². The molecule has 0 atom stereocenters. The smallest absolute Gasteiger partial charge is 0.338 e. The molecule has 2 rings (SSSR count). The lowest BCUT2D eigenvalue weighted by atomic mass is 10.0. The van der Waals surface area contributed by atoms with E-state index in [4.69, 9.17) is 4.18 Å². The number of hydrogen-bond donors (Lipinski definition) is 0. The Morgan fingerprint density at radius 1 is 1.00 bits per heavy atom. The Morgan fingerprint density at radius 3 is 2.14 bits per heavy atom. The van der Waals surface area contributed by atoms with Crippen LogP contribution in [0.25, 0.3) is 5.57 Å². The summed E-state index contributed by atoms with van der Waals surface area (Å²) in [6.45, 7) is 3.22. The SMILES string of the molecule is CC(=O)C(=COS(=O)(=O)c1ccc(C)cc1)c1ccccc1. The normalized spacial score (nSPS) is 12.0. The van der Waals surface area contributed by atoms with Gasteiger partial charge in [0.05, 0.1) is 5.57 Å². The van der Waals surface area contributed by atoms with Gasteiger partial charge in [0.1, 0.15) is 11.2 Å². The molecule has 0 radical (unpaired) electrons. The molecule has 0 spiro atoms. The summed E-state index contributed by atoms with van der Waals surface area (Å²) in [5.41, 5.74) is 1.76. The second kappa shape index (κ2) is 6.58. The van der Waals surface area contributed by atoms with Crippen molar-refractivity contribution < 1.29 is 17.4 Å². The van der Waals surface area contributed by atoms with Gasteiger partial charge >= 0.3 is 10.1 Å². The van der Waals surface area contributed by atoms with Gasteiger partial charge < -0.3 is 4.18 Å². The topological polar surface area (TPSA) is 60.4 Å². The van der Waals surface area contributed by atoms with Gasteiger partial charge in [-0.2, -0.15) is 8.42 Å². The molecule has 0 aromatic heterocycles. The predicted molar refractivity (Wildman–Crippen MR) is 84.5 cm³/mol. The van der Waals surface area contributed by atoms with Gasteiger partial charge in [-0.15, -0.1) is 0 Å². The highest BCUT2D eigenvalue weighted by atomic mass is 32.2. The van der Waals surface area contributed by atoms with Crippen molar-refractivity contribution in [1.82, 2.24) is 0 Å². The van der Waals surface area contributed by atoms with Crippen LogP contribution < -0.4 is 0 Å². The quantitative estimate of drug-likeness (QED) is 0.482. The molecule has 4 nitrogen and oxygen atoms in total. The van der Waals surface area contributed by atoms with Crippen molar-refractivity contribution in [2.24, 2.45) is 0 Å². The third-order valence-electron chi connectivity index (χ3n) is 3.07. The van der Waals surface area contributed by atoms with Crippen LogP contribution in [0.4, 0.5) is 0 Å². The Morgan fingerprint density at radius 2 is 1.59 bits per heavy atom. The fraction of sp³-hybridized carbons (Fsp3) is 0.118. The van der Waals surface area contributed by atoms with E-state index in [1.807, 2.05) is 13.0 Å². The number of Topliss-reactive ketones (excluding diaryl/α,β-unsaturated/α-hetero) is 1. The third-order valence-corrected chi connectivity index (χ3v) is 4.27. The third kappa shape index (κ3) is 3.83. The number of aryl methyl sites for hydroxylation is 1. The Balaban J connectivity index is 2.31. The van der Waals surface area contributed by atoms with Crippen LogP contribution in [0.5, 0.6) is 0 Å². The first-order valence-electron chi connectivity index (χ1n) is 6.66. The summed E-state index contributed by atoms with van der Waals surface area (Å²) < 4.78 is 29.2. The van der Waals surface area contributed by atoms with Gasteiger partial charge in [0.2, 0.25) is 0 Å². The van der Waals surface area contributed by atoms with Crippen molar-refractivity contribution in [3.63, 3.8) is 0 Å². The van der Waals surface area contributed by atoms with Gasteiger partial charge in [0.15, 0.2) is 5.78 Å². The number of hydrogen-bond acceptors (Lipinski definition) is 4. The maximum absolute atomic E-state index is 12.1. The van der Waals surface area contributed by atoms with Crippen molar-refractivity contribution >= 4 is 21.5 Å². The Labute approximate surface area is 130 Å². The number of benzene rings is 2. The van der Waals surface area contributed by atoms with Gasteiger partial charge in [-0.3, -0.25) is 4.79 Å². The van der Waals surface area contributed by atoms with E-state index in [0.717, 1.165) is 11.8 Å². The molecule has 0 aliphatic rings. The van der Waals surface area contributed by atoms with E-state index < -0.39 is 10.1 Å². The molecule has 2 aromatic carbocycles. The van der Waals surface area contributed by atoms with Crippen molar-refractivity contribution in [3.05, 3.63) is 72.0 Å². The molecule has 22 heavy (non-hydrogen) atoms. The molecule has 0 aliphatic carbocycles. The van der Waals surface area contributed by atoms with E-state index in [1.54, 1.807) is 36.4 Å². The van der Waals surface area contributed by atoms with Gasteiger partial charge in [-0.05, 0) is 31.5 Å². The molecular weight excluding hydrogens is 300 g/mol. The van der Waals surface area contributed by atoms with Crippen molar-refractivity contribution in [3.8, 4) is 0 Å². The van der Waals surface area contributed by atoms with Crippen LogP contribution in [0.15, 0.2) is 65.8 Å². The molecule has 0 bridgehead atoms. The molecule has 0 heterocycles. The average molecular weight is 316 g/mol. The summed E-state index contributed by atoms with van der Waals surface area (Å²) in [4.78, 5) is 11.7. The molecular formula is C17H16O4S. The molecule has 0 saturated heterocycles. The molecule has 0 amide bonds. The van der Waals surface area contributed by atoms with E-state index in [9.17, 15) is 13.2 Å². The van der Waals surface area contributed by atoms with Gasteiger partial charge in [-0.25, -0.2) is 0 Å². The number of ketones is 1. The Bertz CT molecular complexity index is 788. The minimum atomic E-state index is -3.94. The van der Waals surface area contributed by atoms with E-state index in [2.05, 4.69) is 0 Å². The molecule has 114 valence electrons. The monoisotopic (exact) mass is 316 g/mol. The molecule has 5 heteroatoms. The first-order chi connectivity index (χ1) is 10.4. The second-order valence-electron chi connectivity index (χ2n) is 4.82. The summed E-state index contributed by atoms with van der Waals surface area (Å²) in [6.07, 6.45) is 0.993. The van der Waals surface area contributed by atoms with Gasteiger partial charge in [0, 0.05) is 0 Å². The minimum Gasteiger partial charge on any atom is -0.386 e. The van der Waals surface area contributed by atoms with Crippen LogP contribution in [0.2, 0.25) is 0 Å². The zero-order valence-electron chi connectivity index (χ0n) is 12.3. The zero-order chi connectivity index (χ0) is 16.2. The highest BCUT2D eigenvalue weighted by molar-refractivity contribution is 7.86. The number of carbonyl (C=O) groups is 1. The molecule has 2 aromatic rings. The molecule has 0 saturated carbocycles. The van der Waals surface area contributed by atoms with Crippen molar-refractivity contribution in [1.29, 1.82) is 0 Å². The zero-order valence-corrected chi connectivity index (χ0v) is 13.1.